The predicted molar refractivity (Wildman–Crippen MR) is 96.0 cm³/mol. The minimum atomic E-state index is -0.428. The zero-order valence-electron chi connectivity index (χ0n) is 14.8. The van der Waals surface area contributed by atoms with Crippen molar-refractivity contribution in [3.63, 3.8) is 0 Å². The number of carbonyl (C=O) groups is 1. The molecule has 0 bridgehead atoms. The van der Waals surface area contributed by atoms with Crippen molar-refractivity contribution in [2.24, 2.45) is 0 Å². The van der Waals surface area contributed by atoms with Crippen LogP contribution < -0.4 is 5.63 Å². The number of likely N-dealkylation sites (tertiary alicyclic amines) is 1. The lowest BCUT2D eigenvalue weighted by Crippen LogP contribution is -2.31. The first-order valence-electron chi connectivity index (χ1n) is 8.69. The summed E-state index contributed by atoms with van der Waals surface area (Å²) in [6, 6.07) is 2.00. The second-order valence-electron chi connectivity index (χ2n) is 6.93. The molecule has 3 aromatic rings. The van der Waals surface area contributed by atoms with Crippen LogP contribution in [0, 0.1) is 20.8 Å². The number of hydrogen-bond donors (Lipinski definition) is 0. The molecule has 4 rings (SSSR count). The summed E-state index contributed by atoms with van der Waals surface area (Å²) in [7, 11) is 0. The molecule has 0 saturated carbocycles. The molecule has 1 aliphatic heterocycles. The van der Waals surface area contributed by atoms with Crippen LogP contribution in [0.4, 0.5) is 0 Å². The molecule has 0 radical (unpaired) electrons. The second-order valence-corrected chi connectivity index (χ2v) is 6.93. The van der Waals surface area contributed by atoms with Crippen molar-refractivity contribution in [2.45, 2.75) is 40.0 Å². The van der Waals surface area contributed by atoms with Gasteiger partial charge in [0.15, 0.2) is 0 Å². The highest BCUT2D eigenvalue weighted by Crippen LogP contribution is 2.32. The third-order valence-electron chi connectivity index (χ3n) is 5.32. The molecule has 130 valence electrons. The van der Waals surface area contributed by atoms with Crippen LogP contribution in [0.25, 0.3) is 21.9 Å². The Morgan fingerprint density at radius 3 is 2.52 bits per heavy atom. The summed E-state index contributed by atoms with van der Waals surface area (Å²) in [5.41, 5.74) is 4.01. The Balaban J connectivity index is 1.88. The lowest BCUT2D eigenvalue weighted by Gasteiger charge is -2.16. The summed E-state index contributed by atoms with van der Waals surface area (Å²) in [4.78, 5) is 26.8. The lowest BCUT2D eigenvalue weighted by molar-refractivity contribution is -0.129. The van der Waals surface area contributed by atoms with E-state index in [0.29, 0.717) is 11.1 Å². The van der Waals surface area contributed by atoms with Crippen molar-refractivity contribution in [1.29, 1.82) is 0 Å². The highest BCUT2D eigenvalue weighted by Gasteiger charge is 2.23. The average molecular weight is 339 g/mol. The summed E-state index contributed by atoms with van der Waals surface area (Å²) >= 11 is 0. The van der Waals surface area contributed by atoms with Gasteiger partial charge in [-0.3, -0.25) is 4.79 Å². The van der Waals surface area contributed by atoms with Crippen molar-refractivity contribution < 1.29 is 13.6 Å². The van der Waals surface area contributed by atoms with Gasteiger partial charge in [0.05, 0.1) is 18.2 Å². The van der Waals surface area contributed by atoms with Gasteiger partial charge in [-0.1, -0.05) is 0 Å². The van der Waals surface area contributed by atoms with Crippen LogP contribution in [0.15, 0.2) is 26.0 Å². The molecule has 1 aromatic carbocycles. The molecule has 0 aliphatic carbocycles. The van der Waals surface area contributed by atoms with Gasteiger partial charge in [0.2, 0.25) is 5.91 Å². The normalized spacial score (nSPS) is 14.8. The third kappa shape index (κ3) is 2.46. The fraction of sp³-hybridized carbons (Fsp3) is 0.400. The maximum Gasteiger partial charge on any atom is 0.340 e. The average Bonchev–Trinajstić information content (AvgIpc) is 3.23. The van der Waals surface area contributed by atoms with Crippen LogP contribution in [0.3, 0.4) is 0 Å². The Hall–Kier alpha value is -2.56. The molecule has 0 spiro atoms. The lowest BCUT2D eigenvalue weighted by atomic mass is 9.99. The molecule has 0 atom stereocenters. The van der Waals surface area contributed by atoms with Gasteiger partial charge >= 0.3 is 5.63 Å². The Morgan fingerprint density at radius 1 is 1.08 bits per heavy atom. The number of furan rings is 1. The van der Waals surface area contributed by atoms with Crippen LogP contribution >= 0.6 is 0 Å². The third-order valence-corrected chi connectivity index (χ3v) is 5.32. The van der Waals surface area contributed by atoms with E-state index in [4.69, 9.17) is 8.83 Å². The number of aryl methyl sites for hydroxylation is 3. The van der Waals surface area contributed by atoms with E-state index in [9.17, 15) is 9.59 Å². The van der Waals surface area contributed by atoms with Crippen LogP contribution in [0.5, 0.6) is 0 Å². The summed E-state index contributed by atoms with van der Waals surface area (Å²) in [5, 5.41) is 1.89. The minimum Gasteiger partial charge on any atom is -0.464 e. The number of hydrogen-bond acceptors (Lipinski definition) is 4. The number of carbonyl (C=O) groups excluding carboxylic acids is 1. The van der Waals surface area contributed by atoms with E-state index < -0.39 is 5.63 Å². The molecule has 1 fully saturated rings. The fourth-order valence-electron chi connectivity index (χ4n) is 3.75. The number of fused-ring (bicyclic) bond motifs is 2. The van der Waals surface area contributed by atoms with Crippen molar-refractivity contribution in [3.8, 4) is 0 Å². The van der Waals surface area contributed by atoms with Gasteiger partial charge in [0.25, 0.3) is 0 Å². The van der Waals surface area contributed by atoms with E-state index in [2.05, 4.69) is 0 Å². The van der Waals surface area contributed by atoms with E-state index in [1.54, 1.807) is 6.26 Å². The molecule has 1 saturated heterocycles. The zero-order valence-corrected chi connectivity index (χ0v) is 14.8. The quantitative estimate of drug-likeness (QED) is 0.669. The zero-order chi connectivity index (χ0) is 17.7. The summed E-state index contributed by atoms with van der Waals surface area (Å²) < 4.78 is 11.2. The minimum absolute atomic E-state index is 0.00421. The summed E-state index contributed by atoms with van der Waals surface area (Å²) in [6.45, 7) is 7.34. The number of benzene rings is 1. The molecule has 1 aliphatic rings. The largest absolute Gasteiger partial charge is 0.464 e. The molecular weight excluding hydrogens is 318 g/mol. The smallest absolute Gasteiger partial charge is 0.340 e. The molecule has 5 heteroatoms. The molecular formula is C20H21NO4. The van der Waals surface area contributed by atoms with Crippen molar-refractivity contribution in [3.05, 3.63) is 45.0 Å². The first kappa shape index (κ1) is 15.9. The molecule has 5 nitrogen and oxygen atoms in total. The highest BCUT2D eigenvalue weighted by molar-refractivity contribution is 6.00. The van der Waals surface area contributed by atoms with Crippen LogP contribution in [0.1, 0.15) is 35.1 Å². The molecule has 1 amide bonds. The Labute approximate surface area is 145 Å². The number of amides is 1. The summed E-state index contributed by atoms with van der Waals surface area (Å²) in [5.74, 6) is 0.00421. The van der Waals surface area contributed by atoms with Gasteiger partial charge in [-0.25, -0.2) is 4.79 Å². The van der Waals surface area contributed by atoms with Gasteiger partial charge in [0.1, 0.15) is 11.2 Å². The van der Waals surface area contributed by atoms with Gasteiger partial charge in [0, 0.05) is 29.4 Å². The molecule has 0 N–H and O–H groups in total. The van der Waals surface area contributed by atoms with Crippen LogP contribution in [-0.4, -0.2) is 23.9 Å². The molecule has 0 unspecified atom stereocenters. The Bertz CT molecular complexity index is 1050. The second kappa shape index (κ2) is 5.76. The van der Waals surface area contributed by atoms with E-state index in [-0.39, 0.29) is 12.3 Å². The van der Waals surface area contributed by atoms with E-state index >= 15 is 0 Å². The van der Waals surface area contributed by atoms with Crippen molar-refractivity contribution >= 4 is 27.8 Å². The standard InChI is InChI=1S/C20H21NO4/c1-11-10-24-18-13(3)19-15(8-14(11)18)12(2)16(20(23)25-19)9-17(22)21-6-4-5-7-21/h8,10H,4-7,9H2,1-3H3. The number of rotatable bonds is 2. The van der Waals surface area contributed by atoms with Crippen LogP contribution in [0.2, 0.25) is 0 Å². The molecule has 2 aromatic heterocycles. The van der Waals surface area contributed by atoms with E-state index in [0.717, 1.165) is 59.0 Å². The Kier molecular flexibility index (Phi) is 3.67. The van der Waals surface area contributed by atoms with Gasteiger partial charge in [-0.05, 0) is 50.8 Å². The summed E-state index contributed by atoms with van der Waals surface area (Å²) in [6.07, 6.45) is 3.88. The SMILES string of the molecule is Cc1coc2c(C)c3oc(=O)c(CC(=O)N4CCCC4)c(C)c3cc12. The first-order valence-corrected chi connectivity index (χ1v) is 8.69. The first-order chi connectivity index (χ1) is 12.0. The maximum absolute atomic E-state index is 12.5. The number of nitrogens with zero attached hydrogens (tertiary/aromatic N) is 1. The van der Waals surface area contributed by atoms with Crippen molar-refractivity contribution in [2.75, 3.05) is 13.1 Å². The monoisotopic (exact) mass is 339 g/mol. The van der Waals surface area contributed by atoms with Gasteiger partial charge in [-0.2, -0.15) is 0 Å². The van der Waals surface area contributed by atoms with Crippen LogP contribution in [-0.2, 0) is 11.2 Å². The van der Waals surface area contributed by atoms with E-state index in [1.807, 2.05) is 31.7 Å². The predicted octanol–water partition coefficient (Wildman–Crippen LogP) is 3.63. The van der Waals surface area contributed by atoms with Gasteiger partial charge in [-0.15, -0.1) is 0 Å². The molecule has 3 heterocycles. The Morgan fingerprint density at radius 2 is 1.80 bits per heavy atom. The van der Waals surface area contributed by atoms with Gasteiger partial charge < -0.3 is 13.7 Å². The van der Waals surface area contributed by atoms with Crippen molar-refractivity contribution in [1.82, 2.24) is 4.90 Å². The topological polar surface area (TPSA) is 63.7 Å². The highest BCUT2D eigenvalue weighted by atomic mass is 16.4. The molecule has 25 heavy (non-hydrogen) atoms. The van der Waals surface area contributed by atoms with E-state index in [1.165, 1.54) is 0 Å². The maximum atomic E-state index is 12.5. The fourth-order valence-corrected chi connectivity index (χ4v) is 3.75.